The van der Waals surface area contributed by atoms with Crippen LogP contribution in [-0.2, 0) is 29.1 Å². The Labute approximate surface area is 81.9 Å². The van der Waals surface area contributed by atoms with Gasteiger partial charge in [-0.1, -0.05) is 13.8 Å². The van der Waals surface area contributed by atoms with Crippen molar-refractivity contribution in [2.24, 2.45) is 0 Å². The van der Waals surface area contributed by atoms with Gasteiger partial charge in [-0.25, -0.2) is 9.59 Å². The van der Waals surface area contributed by atoms with E-state index in [1.807, 2.05) is 13.8 Å². The van der Waals surface area contributed by atoms with Crippen molar-refractivity contribution >= 4 is 11.9 Å². The molecule has 0 atom stereocenters. The molecular formula is C8H14O6. The highest BCUT2D eigenvalue weighted by Crippen LogP contribution is 1.90. The van der Waals surface area contributed by atoms with Crippen molar-refractivity contribution < 1.29 is 29.1 Å². The van der Waals surface area contributed by atoms with Gasteiger partial charge in [0, 0.05) is 0 Å². The van der Waals surface area contributed by atoms with Crippen LogP contribution in [0.5, 0.6) is 0 Å². The summed E-state index contributed by atoms with van der Waals surface area (Å²) in [5.74, 6) is -2.45. The Kier molecular flexibility index (Phi) is 7.77. The quantitative estimate of drug-likeness (QED) is 0.276. The molecule has 0 saturated heterocycles. The summed E-state index contributed by atoms with van der Waals surface area (Å²) in [7, 11) is 0. The molecule has 0 rings (SSSR count). The zero-order valence-electron chi connectivity index (χ0n) is 8.28. The van der Waals surface area contributed by atoms with E-state index in [2.05, 4.69) is 19.6 Å². The van der Waals surface area contributed by atoms with Crippen LogP contribution < -0.4 is 0 Å². The van der Waals surface area contributed by atoms with Crippen molar-refractivity contribution in [1.29, 1.82) is 0 Å². The zero-order valence-corrected chi connectivity index (χ0v) is 8.28. The van der Waals surface area contributed by atoms with Crippen molar-refractivity contribution in [1.82, 2.24) is 0 Å². The van der Waals surface area contributed by atoms with Crippen LogP contribution in [0, 0.1) is 0 Å². The first-order valence-corrected chi connectivity index (χ1v) is 4.39. The lowest BCUT2D eigenvalue weighted by Gasteiger charge is -2.01. The highest BCUT2D eigenvalue weighted by atomic mass is 17.2. The molecule has 6 heteroatoms. The fourth-order valence-electron chi connectivity index (χ4n) is 0.425. The molecule has 0 saturated carbocycles. The summed E-state index contributed by atoms with van der Waals surface area (Å²) in [5.41, 5.74) is 0. The van der Waals surface area contributed by atoms with E-state index in [1.54, 1.807) is 0 Å². The Bertz CT molecular complexity index is 159. The Morgan fingerprint density at radius 1 is 0.857 bits per heavy atom. The zero-order chi connectivity index (χ0) is 10.8. The number of hydrogen-bond acceptors (Lipinski definition) is 6. The van der Waals surface area contributed by atoms with E-state index in [-0.39, 0.29) is 13.2 Å². The van der Waals surface area contributed by atoms with E-state index in [9.17, 15) is 9.59 Å². The maximum Gasteiger partial charge on any atom is 0.453 e. The third-order valence-corrected chi connectivity index (χ3v) is 1.01. The first-order valence-electron chi connectivity index (χ1n) is 4.39. The van der Waals surface area contributed by atoms with E-state index >= 15 is 0 Å². The van der Waals surface area contributed by atoms with Crippen LogP contribution in [0.15, 0.2) is 0 Å². The summed E-state index contributed by atoms with van der Waals surface area (Å²) in [4.78, 5) is 38.3. The van der Waals surface area contributed by atoms with Gasteiger partial charge in [-0.05, 0) is 12.8 Å². The normalized spacial score (nSPS) is 9.57. The summed E-state index contributed by atoms with van der Waals surface area (Å²) in [6.45, 7) is 4.12. The molecule has 82 valence electrons. The van der Waals surface area contributed by atoms with Crippen LogP contribution in [-0.4, -0.2) is 25.2 Å². The molecule has 0 bridgehead atoms. The molecule has 6 nitrogen and oxygen atoms in total. The predicted molar refractivity (Wildman–Crippen MR) is 44.7 cm³/mol. The molecule has 0 aromatic carbocycles. The van der Waals surface area contributed by atoms with Crippen LogP contribution >= 0.6 is 0 Å². The minimum atomic E-state index is -1.23. The minimum Gasteiger partial charge on any atom is -0.285 e. The average molecular weight is 206 g/mol. The molecule has 0 heterocycles. The van der Waals surface area contributed by atoms with Gasteiger partial charge in [-0.3, -0.25) is 9.78 Å². The fraction of sp³-hybridized carbons (Fsp3) is 0.750. The first kappa shape index (κ1) is 12.9. The molecule has 0 spiro atoms. The number of rotatable bonds is 6. The average Bonchev–Trinajstić information content (AvgIpc) is 2.18. The maximum atomic E-state index is 10.7. The first-order chi connectivity index (χ1) is 6.72. The van der Waals surface area contributed by atoms with Gasteiger partial charge < -0.3 is 0 Å². The van der Waals surface area contributed by atoms with Gasteiger partial charge in [0.05, 0.1) is 13.2 Å². The molecule has 0 amide bonds. The van der Waals surface area contributed by atoms with E-state index in [0.717, 1.165) is 0 Å². The summed E-state index contributed by atoms with van der Waals surface area (Å²) in [6.07, 6.45) is 1.35. The molecule has 0 aliphatic heterocycles. The predicted octanol–water partition coefficient (Wildman–Crippen LogP) is 0.756. The van der Waals surface area contributed by atoms with Crippen molar-refractivity contribution in [2.75, 3.05) is 13.2 Å². The topological polar surface area (TPSA) is 71.1 Å². The number of hydrogen-bond donors (Lipinski definition) is 0. The molecule has 0 aliphatic rings. The lowest BCUT2D eigenvalue weighted by atomic mass is 10.5. The Balaban J connectivity index is 3.50. The number of carbonyl (C=O) groups excluding carboxylic acids is 2. The lowest BCUT2D eigenvalue weighted by Crippen LogP contribution is -2.21. The van der Waals surface area contributed by atoms with Crippen LogP contribution in [0.3, 0.4) is 0 Å². The molecule has 0 fully saturated rings. The second-order valence-electron chi connectivity index (χ2n) is 2.39. The van der Waals surface area contributed by atoms with E-state index in [4.69, 9.17) is 0 Å². The minimum absolute atomic E-state index is 0.231. The largest absolute Gasteiger partial charge is 0.453 e. The standard InChI is InChI=1S/C8H14O6/c1-3-5-11-13-7(9)8(10)14-12-6-4-2/h3-6H2,1-2H3. The van der Waals surface area contributed by atoms with Gasteiger partial charge >= 0.3 is 11.9 Å². The van der Waals surface area contributed by atoms with Crippen LogP contribution in [0.4, 0.5) is 0 Å². The van der Waals surface area contributed by atoms with Gasteiger partial charge in [0.2, 0.25) is 0 Å². The monoisotopic (exact) mass is 206 g/mol. The van der Waals surface area contributed by atoms with Crippen molar-refractivity contribution in [3.05, 3.63) is 0 Å². The van der Waals surface area contributed by atoms with Gasteiger partial charge in [0.1, 0.15) is 0 Å². The highest BCUT2D eigenvalue weighted by molar-refractivity contribution is 6.29. The van der Waals surface area contributed by atoms with Crippen molar-refractivity contribution in [3.63, 3.8) is 0 Å². The third-order valence-electron chi connectivity index (χ3n) is 1.01. The van der Waals surface area contributed by atoms with Gasteiger partial charge in [-0.15, -0.1) is 0 Å². The van der Waals surface area contributed by atoms with Gasteiger partial charge in [0.25, 0.3) is 0 Å². The molecule has 0 aromatic heterocycles. The van der Waals surface area contributed by atoms with Gasteiger partial charge in [-0.2, -0.15) is 9.78 Å². The molecule has 0 radical (unpaired) electrons. The van der Waals surface area contributed by atoms with Gasteiger partial charge in [0.15, 0.2) is 0 Å². The highest BCUT2D eigenvalue weighted by Gasteiger charge is 2.19. The molecule has 14 heavy (non-hydrogen) atoms. The maximum absolute atomic E-state index is 10.7. The number of carbonyl (C=O) groups is 2. The van der Waals surface area contributed by atoms with E-state index in [0.29, 0.717) is 12.8 Å². The molecular weight excluding hydrogens is 192 g/mol. The second-order valence-corrected chi connectivity index (χ2v) is 2.39. The van der Waals surface area contributed by atoms with E-state index < -0.39 is 11.9 Å². The Hall–Kier alpha value is -1.14. The van der Waals surface area contributed by atoms with Crippen molar-refractivity contribution in [3.8, 4) is 0 Å². The molecule has 0 N–H and O–H groups in total. The Morgan fingerprint density at radius 3 is 1.50 bits per heavy atom. The summed E-state index contributed by atoms with van der Waals surface area (Å²) in [6, 6.07) is 0. The second kappa shape index (κ2) is 8.46. The van der Waals surface area contributed by atoms with Crippen LogP contribution in [0.2, 0.25) is 0 Å². The van der Waals surface area contributed by atoms with Crippen molar-refractivity contribution in [2.45, 2.75) is 26.7 Å². The molecule has 0 aliphatic carbocycles. The summed E-state index contributed by atoms with van der Waals surface area (Å²) >= 11 is 0. The Morgan fingerprint density at radius 2 is 1.21 bits per heavy atom. The van der Waals surface area contributed by atoms with Crippen LogP contribution in [0.25, 0.3) is 0 Å². The molecule has 0 unspecified atom stereocenters. The van der Waals surface area contributed by atoms with Crippen LogP contribution in [0.1, 0.15) is 26.7 Å². The summed E-state index contributed by atoms with van der Waals surface area (Å²) in [5, 5.41) is 0. The fourth-order valence-corrected chi connectivity index (χ4v) is 0.425. The third kappa shape index (κ3) is 6.38. The van der Waals surface area contributed by atoms with E-state index in [1.165, 1.54) is 0 Å². The smallest absolute Gasteiger partial charge is 0.285 e. The summed E-state index contributed by atoms with van der Waals surface area (Å²) < 4.78 is 0. The lowest BCUT2D eigenvalue weighted by molar-refractivity contribution is -0.295. The SMILES string of the molecule is CCCOOC(=O)C(=O)OOCCC. The molecule has 0 aromatic rings.